The zero-order valence-corrected chi connectivity index (χ0v) is 16.7. The van der Waals surface area contributed by atoms with Crippen LogP contribution in [-0.2, 0) is 14.3 Å². The van der Waals surface area contributed by atoms with Gasteiger partial charge in [-0.2, -0.15) is 0 Å². The Labute approximate surface area is 174 Å². The van der Waals surface area contributed by atoms with Gasteiger partial charge in [0, 0.05) is 17.3 Å². The van der Waals surface area contributed by atoms with Crippen LogP contribution in [0.3, 0.4) is 0 Å². The molecule has 2 atom stereocenters. The molecule has 0 bridgehead atoms. The van der Waals surface area contributed by atoms with Crippen LogP contribution < -0.4 is 0 Å². The molecule has 0 aliphatic carbocycles. The fourth-order valence-corrected chi connectivity index (χ4v) is 3.63. The first-order valence-electron chi connectivity index (χ1n) is 9.51. The number of ether oxygens (including phenoxy) is 1. The van der Waals surface area contributed by atoms with Gasteiger partial charge in [-0.3, -0.25) is 9.79 Å². The van der Waals surface area contributed by atoms with Gasteiger partial charge in [-0.1, -0.05) is 48.5 Å². The first-order chi connectivity index (χ1) is 14.4. The van der Waals surface area contributed by atoms with Crippen LogP contribution in [0.4, 0.5) is 4.39 Å². The minimum atomic E-state index is -1.13. The van der Waals surface area contributed by atoms with Crippen molar-refractivity contribution < 1.29 is 23.8 Å². The number of halogens is 1. The Balaban J connectivity index is 1.88. The second-order valence-corrected chi connectivity index (χ2v) is 7.01. The van der Waals surface area contributed by atoms with Gasteiger partial charge in [0.05, 0.1) is 5.57 Å². The van der Waals surface area contributed by atoms with Crippen LogP contribution in [0, 0.1) is 11.7 Å². The van der Waals surface area contributed by atoms with Crippen LogP contribution >= 0.6 is 0 Å². The first-order valence-corrected chi connectivity index (χ1v) is 9.51. The summed E-state index contributed by atoms with van der Waals surface area (Å²) >= 11 is 0. The number of hydrogen-bond acceptors (Lipinski definition) is 4. The van der Waals surface area contributed by atoms with E-state index in [1.165, 1.54) is 18.2 Å². The van der Waals surface area contributed by atoms with Gasteiger partial charge in [-0.25, -0.2) is 9.18 Å². The van der Waals surface area contributed by atoms with Crippen LogP contribution in [0.5, 0.6) is 0 Å². The largest absolute Gasteiger partial charge is 0.481 e. The molecule has 2 unspecified atom stereocenters. The Bertz CT molecular complexity index is 1040. The molecule has 0 radical (unpaired) electrons. The van der Waals surface area contributed by atoms with Crippen molar-refractivity contribution in [3.8, 4) is 0 Å². The minimum Gasteiger partial charge on any atom is -0.481 e. The highest BCUT2D eigenvalue weighted by Crippen LogP contribution is 2.39. The summed E-state index contributed by atoms with van der Waals surface area (Å²) in [5.74, 6) is -4.28. The molecule has 0 aromatic heterocycles. The number of hydrogen-bond donors (Lipinski definition) is 1. The molecule has 3 rings (SSSR count). The zero-order chi connectivity index (χ0) is 21.7. The van der Waals surface area contributed by atoms with Crippen molar-refractivity contribution in [3.05, 3.63) is 88.9 Å². The third-order valence-electron chi connectivity index (χ3n) is 4.94. The van der Waals surface area contributed by atoms with Gasteiger partial charge in [-0.05, 0) is 43.2 Å². The Morgan fingerprint density at radius 2 is 1.87 bits per heavy atom. The number of nitrogens with zero attached hydrogens (tertiary/aromatic N) is 1. The van der Waals surface area contributed by atoms with E-state index in [0.717, 1.165) is 5.56 Å². The van der Waals surface area contributed by atoms with Crippen LogP contribution in [-0.4, -0.2) is 29.4 Å². The number of carboxylic acids is 1. The monoisotopic (exact) mass is 407 g/mol. The average Bonchev–Trinajstić information content (AvgIpc) is 2.71. The number of esters is 1. The summed E-state index contributed by atoms with van der Waals surface area (Å²) in [6, 6.07) is 15.2. The fourth-order valence-electron chi connectivity index (χ4n) is 3.63. The third-order valence-corrected chi connectivity index (χ3v) is 4.94. The maximum atomic E-state index is 13.9. The Morgan fingerprint density at radius 3 is 2.53 bits per heavy atom. The van der Waals surface area contributed by atoms with Crippen LogP contribution in [0.1, 0.15) is 30.9 Å². The lowest BCUT2D eigenvalue weighted by molar-refractivity contribution is -0.140. The number of benzene rings is 2. The van der Waals surface area contributed by atoms with E-state index < -0.39 is 29.6 Å². The standard InChI is InChI=1S/C24H22FNO4/c1-15-20(23(27)28)22(18-11-6-12-19(25)14-18)21(16(2)26-15)24(29)30-13-7-10-17-8-4-3-5-9-17/h3-12,14,20,22H,13H2,1-2H3,(H,27,28). The fraction of sp³-hybridized carbons (Fsp3) is 0.208. The summed E-state index contributed by atoms with van der Waals surface area (Å²) in [6.07, 6.45) is 3.52. The molecule has 0 spiro atoms. The summed E-state index contributed by atoms with van der Waals surface area (Å²) in [5, 5.41) is 9.78. The number of aliphatic imine (C=N–C) groups is 1. The lowest BCUT2D eigenvalue weighted by atomic mass is 9.75. The van der Waals surface area contributed by atoms with Gasteiger partial charge in [0.1, 0.15) is 18.3 Å². The molecule has 154 valence electrons. The molecular formula is C24H22FNO4. The number of carbonyl (C=O) groups excluding carboxylic acids is 1. The van der Waals surface area contributed by atoms with Crippen LogP contribution in [0.25, 0.3) is 6.08 Å². The number of carboxylic acid groups (broad SMARTS) is 1. The second-order valence-electron chi connectivity index (χ2n) is 7.01. The van der Waals surface area contributed by atoms with Crippen molar-refractivity contribution in [2.24, 2.45) is 10.9 Å². The SMILES string of the molecule is CC1=NC(C)=C(C(=O)OCC=Cc2ccccc2)C(c2cccc(F)c2)C1C(=O)O. The van der Waals surface area contributed by atoms with E-state index in [1.807, 2.05) is 36.4 Å². The van der Waals surface area contributed by atoms with Crippen molar-refractivity contribution in [1.82, 2.24) is 0 Å². The van der Waals surface area contributed by atoms with Gasteiger partial charge in [0.2, 0.25) is 0 Å². The normalized spacial score (nSPS) is 19.0. The highest BCUT2D eigenvalue weighted by atomic mass is 19.1. The molecule has 0 saturated heterocycles. The molecule has 0 saturated carbocycles. The van der Waals surface area contributed by atoms with Gasteiger partial charge in [0.15, 0.2) is 0 Å². The van der Waals surface area contributed by atoms with Crippen LogP contribution in [0.15, 0.2) is 76.9 Å². The maximum absolute atomic E-state index is 13.9. The molecule has 1 aliphatic rings. The highest BCUT2D eigenvalue weighted by molar-refractivity contribution is 6.06. The molecule has 0 fully saturated rings. The van der Waals surface area contributed by atoms with Gasteiger partial charge < -0.3 is 9.84 Å². The summed E-state index contributed by atoms with van der Waals surface area (Å²) in [4.78, 5) is 29.1. The molecule has 1 N–H and O–H groups in total. The van der Waals surface area contributed by atoms with E-state index in [9.17, 15) is 19.1 Å². The minimum absolute atomic E-state index is 0.0147. The number of aliphatic carboxylic acids is 1. The van der Waals surface area contributed by atoms with Gasteiger partial charge >= 0.3 is 11.9 Å². The lowest BCUT2D eigenvalue weighted by Gasteiger charge is -2.30. The molecule has 30 heavy (non-hydrogen) atoms. The number of allylic oxidation sites excluding steroid dienone is 1. The molecule has 6 heteroatoms. The lowest BCUT2D eigenvalue weighted by Crippen LogP contribution is -2.35. The summed E-state index contributed by atoms with van der Waals surface area (Å²) < 4.78 is 19.2. The Hall–Kier alpha value is -3.54. The number of carbonyl (C=O) groups is 2. The molecule has 0 amide bonds. The van der Waals surface area contributed by atoms with Crippen molar-refractivity contribution in [2.45, 2.75) is 19.8 Å². The topological polar surface area (TPSA) is 76.0 Å². The predicted octanol–water partition coefficient (Wildman–Crippen LogP) is 4.62. The summed E-state index contributed by atoms with van der Waals surface area (Å²) in [7, 11) is 0. The van der Waals surface area contributed by atoms with Gasteiger partial charge in [0.25, 0.3) is 0 Å². The van der Waals surface area contributed by atoms with Crippen molar-refractivity contribution in [1.29, 1.82) is 0 Å². The van der Waals surface area contributed by atoms with Crippen molar-refractivity contribution in [2.75, 3.05) is 6.61 Å². The zero-order valence-electron chi connectivity index (χ0n) is 16.7. The van der Waals surface area contributed by atoms with Crippen molar-refractivity contribution >= 4 is 23.7 Å². The van der Waals surface area contributed by atoms with E-state index in [2.05, 4.69) is 4.99 Å². The molecule has 1 heterocycles. The molecular weight excluding hydrogens is 385 g/mol. The summed E-state index contributed by atoms with van der Waals surface area (Å²) in [6.45, 7) is 3.24. The van der Waals surface area contributed by atoms with E-state index in [4.69, 9.17) is 4.74 Å². The highest BCUT2D eigenvalue weighted by Gasteiger charge is 2.41. The van der Waals surface area contributed by atoms with E-state index in [-0.39, 0.29) is 12.2 Å². The average molecular weight is 407 g/mol. The van der Waals surface area contributed by atoms with Gasteiger partial charge in [-0.15, -0.1) is 0 Å². The third kappa shape index (κ3) is 4.71. The molecule has 2 aromatic rings. The Kier molecular flexibility index (Phi) is 6.57. The Morgan fingerprint density at radius 1 is 1.13 bits per heavy atom. The quantitative estimate of drug-likeness (QED) is 0.709. The first kappa shape index (κ1) is 21.2. The smallest absolute Gasteiger partial charge is 0.336 e. The van der Waals surface area contributed by atoms with Crippen LogP contribution in [0.2, 0.25) is 0 Å². The molecule has 2 aromatic carbocycles. The number of rotatable bonds is 6. The maximum Gasteiger partial charge on any atom is 0.336 e. The molecule has 1 aliphatic heterocycles. The predicted molar refractivity (Wildman–Crippen MR) is 113 cm³/mol. The summed E-state index contributed by atoms with van der Waals surface area (Å²) in [5.41, 5.74) is 2.21. The van der Waals surface area contributed by atoms with E-state index >= 15 is 0 Å². The van der Waals surface area contributed by atoms with E-state index in [1.54, 1.807) is 26.0 Å². The molecule has 5 nitrogen and oxygen atoms in total. The second kappa shape index (κ2) is 9.31. The van der Waals surface area contributed by atoms with Crippen molar-refractivity contribution in [3.63, 3.8) is 0 Å². The van der Waals surface area contributed by atoms with E-state index in [0.29, 0.717) is 17.0 Å².